The highest BCUT2D eigenvalue weighted by Gasteiger charge is 2.26. The van der Waals surface area contributed by atoms with Crippen LogP contribution in [0.1, 0.15) is 46.1 Å². The molecule has 1 atom stereocenters. The van der Waals surface area contributed by atoms with Crippen molar-refractivity contribution in [3.63, 3.8) is 0 Å². The van der Waals surface area contributed by atoms with Gasteiger partial charge in [-0.3, -0.25) is 4.79 Å². The largest absolute Gasteiger partial charge is 0.475 e. The molecule has 0 saturated heterocycles. The molecule has 0 aliphatic heterocycles. The van der Waals surface area contributed by atoms with Gasteiger partial charge in [-0.25, -0.2) is 4.98 Å². The molecule has 20 heavy (non-hydrogen) atoms. The van der Waals surface area contributed by atoms with E-state index in [4.69, 9.17) is 10.5 Å². The molecular formula is C15H25N3O2. The number of nitrogens with one attached hydrogen (secondary N) is 1. The third-order valence-electron chi connectivity index (χ3n) is 2.92. The van der Waals surface area contributed by atoms with Gasteiger partial charge in [0.05, 0.1) is 11.6 Å². The lowest BCUT2D eigenvalue weighted by atomic mass is 9.96. The summed E-state index contributed by atoms with van der Waals surface area (Å²) in [6, 6.07) is 3.71. The van der Waals surface area contributed by atoms with Gasteiger partial charge in [0.2, 0.25) is 11.8 Å². The molecule has 1 aromatic rings. The van der Waals surface area contributed by atoms with Crippen LogP contribution in [0.15, 0.2) is 18.3 Å². The normalized spacial score (nSPS) is 13.9. The number of rotatable bonds is 7. The molecule has 1 unspecified atom stereocenters. The maximum atomic E-state index is 12.1. The quantitative estimate of drug-likeness (QED) is 0.800. The molecule has 0 aliphatic carbocycles. The first kappa shape index (κ1) is 16.4. The maximum Gasteiger partial charge on any atom is 0.240 e. The number of nitrogens with two attached hydrogens (primary N) is 1. The van der Waals surface area contributed by atoms with E-state index in [0.717, 1.165) is 12.0 Å². The van der Waals surface area contributed by atoms with E-state index in [9.17, 15) is 4.79 Å². The third-order valence-corrected chi connectivity index (χ3v) is 2.92. The van der Waals surface area contributed by atoms with Crippen LogP contribution in [0.4, 0.5) is 0 Å². The van der Waals surface area contributed by atoms with Crippen molar-refractivity contribution in [3.05, 3.63) is 23.9 Å². The summed E-state index contributed by atoms with van der Waals surface area (Å²) in [6.45, 7) is 8.00. The summed E-state index contributed by atoms with van der Waals surface area (Å²) >= 11 is 0. The minimum Gasteiger partial charge on any atom is -0.475 e. The van der Waals surface area contributed by atoms with Crippen molar-refractivity contribution in [1.82, 2.24) is 10.3 Å². The standard InChI is InChI=1S/C15H25N3O2/c1-5-8-15(4,16)14(19)18-10-12-7-6-9-17-13(12)20-11(2)3/h6-7,9,11H,5,8,10,16H2,1-4H3,(H,18,19). The number of pyridine rings is 1. The fraction of sp³-hybridized carbons (Fsp3) is 0.600. The summed E-state index contributed by atoms with van der Waals surface area (Å²) in [6.07, 6.45) is 3.24. The highest BCUT2D eigenvalue weighted by atomic mass is 16.5. The Labute approximate surface area is 120 Å². The smallest absolute Gasteiger partial charge is 0.240 e. The Morgan fingerprint density at radius 3 is 2.85 bits per heavy atom. The van der Waals surface area contributed by atoms with Gasteiger partial charge in [-0.15, -0.1) is 0 Å². The van der Waals surface area contributed by atoms with E-state index >= 15 is 0 Å². The van der Waals surface area contributed by atoms with Crippen molar-refractivity contribution in [2.45, 2.75) is 58.7 Å². The summed E-state index contributed by atoms with van der Waals surface area (Å²) < 4.78 is 5.62. The number of ether oxygens (including phenoxy) is 1. The minimum atomic E-state index is -0.837. The number of carbonyl (C=O) groups is 1. The molecule has 0 bridgehead atoms. The van der Waals surface area contributed by atoms with Crippen LogP contribution in [0.5, 0.6) is 5.88 Å². The second-order valence-corrected chi connectivity index (χ2v) is 5.48. The Hall–Kier alpha value is -1.62. The van der Waals surface area contributed by atoms with Crippen molar-refractivity contribution in [3.8, 4) is 5.88 Å². The van der Waals surface area contributed by atoms with Gasteiger partial charge >= 0.3 is 0 Å². The summed E-state index contributed by atoms with van der Waals surface area (Å²) in [7, 11) is 0. The molecule has 5 nitrogen and oxygen atoms in total. The highest BCUT2D eigenvalue weighted by molar-refractivity contribution is 5.85. The van der Waals surface area contributed by atoms with Gasteiger partial charge in [0.25, 0.3) is 0 Å². The van der Waals surface area contributed by atoms with Crippen molar-refractivity contribution in [1.29, 1.82) is 0 Å². The van der Waals surface area contributed by atoms with Crippen LogP contribution in [0.3, 0.4) is 0 Å². The van der Waals surface area contributed by atoms with Crippen LogP contribution in [-0.4, -0.2) is 22.5 Å². The van der Waals surface area contributed by atoms with Gasteiger partial charge in [0.15, 0.2) is 0 Å². The molecule has 1 amide bonds. The van der Waals surface area contributed by atoms with Crippen LogP contribution in [-0.2, 0) is 11.3 Å². The van der Waals surface area contributed by atoms with Gasteiger partial charge in [0.1, 0.15) is 0 Å². The Morgan fingerprint density at radius 2 is 2.25 bits per heavy atom. The predicted octanol–water partition coefficient (Wildman–Crippen LogP) is 2.00. The average Bonchev–Trinajstić information content (AvgIpc) is 2.36. The van der Waals surface area contributed by atoms with Crippen molar-refractivity contribution in [2.75, 3.05) is 0 Å². The maximum absolute atomic E-state index is 12.1. The Kier molecular flexibility index (Phi) is 5.95. The predicted molar refractivity (Wildman–Crippen MR) is 79.3 cm³/mol. The Balaban J connectivity index is 2.68. The lowest BCUT2D eigenvalue weighted by Crippen LogP contribution is -2.51. The number of aromatic nitrogens is 1. The van der Waals surface area contributed by atoms with Crippen LogP contribution < -0.4 is 15.8 Å². The van der Waals surface area contributed by atoms with E-state index in [1.165, 1.54) is 0 Å². The van der Waals surface area contributed by atoms with E-state index < -0.39 is 5.54 Å². The molecule has 112 valence electrons. The second kappa shape index (κ2) is 7.24. The number of hydrogen-bond acceptors (Lipinski definition) is 4. The zero-order valence-corrected chi connectivity index (χ0v) is 12.8. The summed E-state index contributed by atoms with van der Waals surface area (Å²) in [5, 5.41) is 2.85. The van der Waals surface area contributed by atoms with Crippen LogP contribution in [0.25, 0.3) is 0 Å². The van der Waals surface area contributed by atoms with Gasteiger partial charge in [0, 0.05) is 18.3 Å². The third kappa shape index (κ3) is 4.81. The first-order chi connectivity index (χ1) is 9.36. The fourth-order valence-corrected chi connectivity index (χ4v) is 1.90. The lowest BCUT2D eigenvalue weighted by molar-refractivity contribution is -0.126. The molecule has 5 heteroatoms. The number of nitrogens with zero attached hydrogens (tertiary/aromatic N) is 1. The van der Waals surface area contributed by atoms with Gasteiger partial charge < -0.3 is 15.8 Å². The molecule has 0 fully saturated rings. The lowest BCUT2D eigenvalue weighted by Gasteiger charge is -2.23. The number of hydrogen-bond donors (Lipinski definition) is 2. The number of amides is 1. The Morgan fingerprint density at radius 1 is 1.55 bits per heavy atom. The van der Waals surface area contributed by atoms with Crippen molar-refractivity contribution in [2.24, 2.45) is 5.73 Å². The van der Waals surface area contributed by atoms with Gasteiger partial charge in [-0.05, 0) is 33.3 Å². The Bertz CT molecular complexity index is 444. The van der Waals surface area contributed by atoms with E-state index in [1.54, 1.807) is 13.1 Å². The van der Waals surface area contributed by atoms with Gasteiger partial charge in [-0.1, -0.05) is 19.4 Å². The first-order valence-electron chi connectivity index (χ1n) is 7.04. The summed E-state index contributed by atoms with van der Waals surface area (Å²) in [4.78, 5) is 16.3. The topological polar surface area (TPSA) is 77.2 Å². The van der Waals surface area contributed by atoms with Gasteiger partial charge in [-0.2, -0.15) is 0 Å². The van der Waals surface area contributed by atoms with E-state index in [1.807, 2.05) is 32.9 Å². The minimum absolute atomic E-state index is 0.0409. The molecule has 0 aliphatic rings. The van der Waals surface area contributed by atoms with Crippen LogP contribution >= 0.6 is 0 Å². The van der Waals surface area contributed by atoms with E-state index in [2.05, 4.69) is 10.3 Å². The number of carbonyl (C=O) groups excluding carboxylic acids is 1. The highest BCUT2D eigenvalue weighted by Crippen LogP contribution is 2.16. The zero-order chi connectivity index (χ0) is 15.2. The molecule has 1 rings (SSSR count). The molecule has 0 radical (unpaired) electrons. The average molecular weight is 279 g/mol. The van der Waals surface area contributed by atoms with Crippen LogP contribution in [0.2, 0.25) is 0 Å². The molecule has 1 heterocycles. The summed E-state index contributed by atoms with van der Waals surface area (Å²) in [5.41, 5.74) is 6.01. The molecule has 0 aromatic carbocycles. The zero-order valence-electron chi connectivity index (χ0n) is 12.8. The first-order valence-corrected chi connectivity index (χ1v) is 7.04. The SMILES string of the molecule is CCCC(C)(N)C(=O)NCc1cccnc1OC(C)C. The van der Waals surface area contributed by atoms with E-state index in [0.29, 0.717) is 18.8 Å². The monoisotopic (exact) mass is 279 g/mol. The van der Waals surface area contributed by atoms with Crippen molar-refractivity contribution >= 4 is 5.91 Å². The van der Waals surface area contributed by atoms with E-state index in [-0.39, 0.29) is 12.0 Å². The van der Waals surface area contributed by atoms with Crippen molar-refractivity contribution < 1.29 is 9.53 Å². The molecule has 0 saturated carbocycles. The van der Waals surface area contributed by atoms with Crippen LogP contribution in [0, 0.1) is 0 Å². The molecular weight excluding hydrogens is 254 g/mol. The fourth-order valence-electron chi connectivity index (χ4n) is 1.90. The summed E-state index contributed by atoms with van der Waals surface area (Å²) in [5.74, 6) is 0.399. The second-order valence-electron chi connectivity index (χ2n) is 5.48. The molecule has 1 aromatic heterocycles. The molecule has 3 N–H and O–H groups in total. The molecule has 0 spiro atoms.